The van der Waals surface area contributed by atoms with Gasteiger partial charge in [-0.25, -0.2) is 9.59 Å². The van der Waals surface area contributed by atoms with E-state index in [2.05, 4.69) is 6.58 Å². The van der Waals surface area contributed by atoms with Crippen molar-refractivity contribution in [3.63, 3.8) is 0 Å². The highest BCUT2D eigenvalue weighted by atomic mass is 16.6. The lowest BCUT2D eigenvalue weighted by Crippen LogP contribution is -2.56. The van der Waals surface area contributed by atoms with E-state index in [1.54, 1.807) is 0 Å². The van der Waals surface area contributed by atoms with Gasteiger partial charge in [0.1, 0.15) is 19.2 Å². The number of aliphatic carboxylic acids is 1. The van der Waals surface area contributed by atoms with E-state index < -0.39 is 24.0 Å². The Labute approximate surface area is 105 Å². The minimum absolute atomic E-state index is 0.0821. The van der Waals surface area contributed by atoms with Gasteiger partial charge in [-0.2, -0.15) is 0 Å². The summed E-state index contributed by atoms with van der Waals surface area (Å²) in [5, 5.41) is 8.83. The van der Waals surface area contributed by atoms with Crippen LogP contribution < -0.4 is 0 Å². The second-order valence-electron chi connectivity index (χ2n) is 3.89. The Bertz CT molecular complexity index is 368. The van der Waals surface area contributed by atoms with Crippen molar-refractivity contribution in [3.05, 3.63) is 12.7 Å². The van der Waals surface area contributed by atoms with Gasteiger partial charge in [0.05, 0.1) is 0 Å². The van der Waals surface area contributed by atoms with Crippen molar-refractivity contribution in [1.82, 2.24) is 9.80 Å². The predicted molar refractivity (Wildman–Crippen MR) is 61.9 cm³/mol. The summed E-state index contributed by atoms with van der Waals surface area (Å²) < 4.78 is 4.80. The van der Waals surface area contributed by atoms with Crippen molar-refractivity contribution in [2.45, 2.75) is 13.0 Å². The Morgan fingerprint density at radius 1 is 1.56 bits per heavy atom. The van der Waals surface area contributed by atoms with Crippen molar-refractivity contribution in [2.24, 2.45) is 0 Å². The molecule has 2 amide bonds. The Balaban J connectivity index is 2.55. The molecular formula is C11H16N2O5. The third kappa shape index (κ3) is 3.22. The monoisotopic (exact) mass is 256 g/mol. The molecule has 1 fully saturated rings. The second kappa shape index (κ2) is 6.04. The molecule has 0 aliphatic carbocycles. The van der Waals surface area contributed by atoms with E-state index >= 15 is 0 Å². The van der Waals surface area contributed by atoms with Gasteiger partial charge in [-0.15, -0.1) is 0 Å². The Morgan fingerprint density at radius 2 is 2.22 bits per heavy atom. The van der Waals surface area contributed by atoms with Crippen LogP contribution in [0.4, 0.5) is 4.79 Å². The molecule has 18 heavy (non-hydrogen) atoms. The average Bonchev–Trinajstić information content (AvgIpc) is 2.34. The van der Waals surface area contributed by atoms with Crippen molar-refractivity contribution < 1.29 is 24.2 Å². The molecule has 1 aliphatic rings. The van der Waals surface area contributed by atoms with Crippen LogP contribution in [-0.2, 0) is 14.3 Å². The molecule has 0 radical (unpaired) electrons. The Morgan fingerprint density at radius 3 is 2.72 bits per heavy atom. The van der Waals surface area contributed by atoms with Gasteiger partial charge in [0.25, 0.3) is 0 Å². The summed E-state index contributed by atoms with van der Waals surface area (Å²) in [6.45, 7) is 5.22. The van der Waals surface area contributed by atoms with Crippen LogP contribution in [0.3, 0.4) is 0 Å². The third-order valence-corrected chi connectivity index (χ3v) is 2.67. The fraction of sp³-hybridized carbons (Fsp3) is 0.545. The van der Waals surface area contributed by atoms with Crippen LogP contribution in [0.25, 0.3) is 0 Å². The number of rotatable bonds is 4. The first-order valence-electron chi connectivity index (χ1n) is 5.52. The van der Waals surface area contributed by atoms with E-state index in [0.717, 1.165) is 0 Å². The highest BCUT2D eigenvalue weighted by Crippen LogP contribution is 2.09. The maximum Gasteiger partial charge on any atom is 0.410 e. The van der Waals surface area contributed by atoms with Gasteiger partial charge in [-0.3, -0.25) is 9.69 Å². The molecular weight excluding hydrogens is 240 g/mol. The summed E-state index contributed by atoms with van der Waals surface area (Å²) in [6.07, 6.45) is 0.841. The first kappa shape index (κ1) is 14.0. The van der Waals surface area contributed by atoms with Crippen LogP contribution >= 0.6 is 0 Å². The summed E-state index contributed by atoms with van der Waals surface area (Å²) in [7, 11) is 0. The molecule has 1 heterocycles. The summed E-state index contributed by atoms with van der Waals surface area (Å²) in [6, 6.07) is -0.885. The topological polar surface area (TPSA) is 87.2 Å². The highest BCUT2D eigenvalue weighted by Gasteiger charge is 2.32. The number of carbonyl (C=O) groups excluding carboxylic acids is 2. The van der Waals surface area contributed by atoms with Gasteiger partial charge in [-0.1, -0.05) is 12.7 Å². The lowest BCUT2D eigenvalue weighted by Gasteiger charge is -2.35. The number of carboxylic acids is 1. The number of hydrogen-bond donors (Lipinski definition) is 1. The second-order valence-corrected chi connectivity index (χ2v) is 3.89. The smallest absolute Gasteiger partial charge is 0.410 e. The van der Waals surface area contributed by atoms with Gasteiger partial charge < -0.3 is 14.7 Å². The summed E-state index contributed by atoms with van der Waals surface area (Å²) in [5.74, 6) is -1.46. The molecule has 7 heteroatoms. The number of carboxylic acid groups (broad SMARTS) is 1. The number of piperazine rings is 1. The molecule has 0 spiro atoms. The lowest BCUT2D eigenvalue weighted by atomic mass is 10.2. The summed E-state index contributed by atoms with van der Waals surface area (Å²) >= 11 is 0. The standard InChI is InChI=1S/C11H16N2O5/c1-3-6-18-11(17)12-4-5-13(9(14)7-12)8(2)10(15)16/h3,8H,1,4-7H2,2H3,(H,15,16). The molecule has 1 aliphatic heterocycles. The van der Waals surface area contributed by atoms with Crippen molar-refractivity contribution in [2.75, 3.05) is 26.2 Å². The van der Waals surface area contributed by atoms with E-state index in [0.29, 0.717) is 0 Å². The van der Waals surface area contributed by atoms with Crippen LogP contribution in [0.2, 0.25) is 0 Å². The normalized spacial score (nSPS) is 17.3. The van der Waals surface area contributed by atoms with Crippen molar-refractivity contribution >= 4 is 18.0 Å². The van der Waals surface area contributed by atoms with Crippen LogP contribution in [-0.4, -0.2) is 65.2 Å². The van der Waals surface area contributed by atoms with Crippen molar-refractivity contribution in [1.29, 1.82) is 0 Å². The lowest BCUT2D eigenvalue weighted by molar-refractivity contribution is -0.151. The summed E-state index contributed by atoms with van der Waals surface area (Å²) in [5.41, 5.74) is 0. The van der Waals surface area contributed by atoms with Crippen LogP contribution in [0.1, 0.15) is 6.92 Å². The van der Waals surface area contributed by atoms with Crippen LogP contribution in [0, 0.1) is 0 Å². The Hall–Kier alpha value is -2.05. The fourth-order valence-electron chi connectivity index (χ4n) is 1.61. The maximum absolute atomic E-state index is 11.7. The van der Waals surface area contributed by atoms with E-state index in [1.165, 1.54) is 22.8 Å². The first-order valence-corrected chi connectivity index (χ1v) is 5.52. The highest BCUT2D eigenvalue weighted by molar-refractivity contribution is 5.87. The zero-order valence-corrected chi connectivity index (χ0v) is 10.2. The molecule has 7 nitrogen and oxygen atoms in total. The van der Waals surface area contributed by atoms with Gasteiger partial charge in [0, 0.05) is 13.1 Å². The number of nitrogens with zero attached hydrogens (tertiary/aromatic N) is 2. The van der Waals surface area contributed by atoms with Crippen LogP contribution in [0.15, 0.2) is 12.7 Å². The molecule has 1 unspecified atom stereocenters. The molecule has 1 saturated heterocycles. The zero-order chi connectivity index (χ0) is 13.7. The number of carbonyl (C=O) groups is 3. The minimum Gasteiger partial charge on any atom is -0.480 e. The molecule has 1 N–H and O–H groups in total. The van der Waals surface area contributed by atoms with E-state index in [-0.39, 0.29) is 26.2 Å². The third-order valence-electron chi connectivity index (χ3n) is 2.67. The molecule has 1 atom stereocenters. The largest absolute Gasteiger partial charge is 0.480 e. The number of hydrogen-bond acceptors (Lipinski definition) is 4. The molecule has 0 aromatic carbocycles. The molecule has 0 saturated carbocycles. The SMILES string of the molecule is C=CCOC(=O)N1CCN(C(C)C(=O)O)C(=O)C1. The predicted octanol–water partition coefficient (Wildman–Crippen LogP) is -0.0737. The molecule has 0 bridgehead atoms. The van der Waals surface area contributed by atoms with Gasteiger partial charge in [0.15, 0.2) is 0 Å². The quantitative estimate of drug-likeness (QED) is 0.711. The Kier molecular flexibility index (Phi) is 4.70. The first-order chi connectivity index (χ1) is 8.47. The van der Waals surface area contributed by atoms with Crippen molar-refractivity contribution in [3.8, 4) is 0 Å². The fourth-order valence-corrected chi connectivity index (χ4v) is 1.61. The minimum atomic E-state index is -1.06. The van der Waals surface area contributed by atoms with Crippen LogP contribution in [0.5, 0.6) is 0 Å². The van der Waals surface area contributed by atoms with E-state index in [4.69, 9.17) is 9.84 Å². The molecule has 0 aromatic rings. The van der Waals surface area contributed by atoms with E-state index in [1.807, 2.05) is 0 Å². The molecule has 0 aromatic heterocycles. The summed E-state index contributed by atoms with van der Waals surface area (Å²) in [4.78, 5) is 36.5. The van der Waals surface area contributed by atoms with Gasteiger partial charge >= 0.3 is 12.1 Å². The van der Waals surface area contributed by atoms with E-state index in [9.17, 15) is 14.4 Å². The zero-order valence-electron chi connectivity index (χ0n) is 10.2. The van der Waals surface area contributed by atoms with Gasteiger partial charge in [0.2, 0.25) is 5.91 Å². The average molecular weight is 256 g/mol. The maximum atomic E-state index is 11.7. The molecule has 100 valence electrons. The van der Waals surface area contributed by atoms with Gasteiger partial charge in [-0.05, 0) is 6.92 Å². The molecule has 1 rings (SSSR count). The number of ether oxygens (including phenoxy) is 1. The number of amides is 2.